The van der Waals surface area contributed by atoms with E-state index in [0.29, 0.717) is 33.4 Å². The van der Waals surface area contributed by atoms with Crippen molar-refractivity contribution in [1.29, 1.82) is 0 Å². The van der Waals surface area contributed by atoms with Gasteiger partial charge in [-0.1, -0.05) is 42.5 Å². The molecule has 2 aromatic carbocycles. The topological polar surface area (TPSA) is 86.7 Å². The number of aromatic nitrogens is 3. The SMILES string of the molecule is O=C(OCc1cc(=O)n2ccsc2n1)c1ccccc1-c1ncc(-c2ccccc2)o1. The minimum atomic E-state index is -0.553. The number of oxazole rings is 1. The molecule has 0 saturated heterocycles. The summed E-state index contributed by atoms with van der Waals surface area (Å²) in [5.74, 6) is 0.374. The molecule has 8 heteroatoms. The molecule has 0 atom stereocenters. The van der Waals surface area contributed by atoms with Gasteiger partial charge in [0.25, 0.3) is 5.56 Å². The summed E-state index contributed by atoms with van der Waals surface area (Å²) in [6, 6.07) is 17.9. The normalized spacial score (nSPS) is 11.0. The highest BCUT2D eigenvalue weighted by molar-refractivity contribution is 7.15. The van der Waals surface area contributed by atoms with Crippen LogP contribution in [-0.4, -0.2) is 20.3 Å². The number of thiazole rings is 1. The fourth-order valence-corrected chi connectivity index (χ4v) is 3.90. The highest BCUT2D eigenvalue weighted by Crippen LogP contribution is 2.28. The van der Waals surface area contributed by atoms with Gasteiger partial charge in [0.15, 0.2) is 10.7 Å². The van der Waals surface area contributed by atoms with Crippen molar-refractivity contribution in [2.45, 2.75) is 6.61 Å². The van der Waals surface area contributed by atoms with Gasteiger partial charge in [0.2, 0.25) is 5.89 Å². The molecule has 0 unspecified atom stereocenters. The predicted molar refractivity (Wildman–Crippen MR) is 116 cm³/mol. The summed E-state index contributed by atoms with van der Waals surface area (Å²) >= 11 is 1.34. The summed E-state index contributed by atoms with van der Waals surface area (Å²) in [5.41, 5.74) is 1.91. The van der Waals surface area contributed by atoms with Crippen molar-refractivity contribution >= 4 is 22.3 Å². The zero-order valence-electron chi connectivity index (χ0n) is 16.1. The number of carbonyl (C=O) groups is 1. The molecule has 0 spiro atoms. The summed E-state index contributed by atoms with van der Waals surface area (Å²) in [5, 5.41) is 1.77. The highest BCUT2D eigenvalue weighted by Gasteiger charge is 2.18. The van der Waals surface area contributed by atoms with Gasteiger partial charge in [0, 0.05) is 23.2 Å². The lowest BCUT2D eigenvalue weighted by molar-refractivity contribution is 0.0468. The average Bonchev–Trinajstić information content (AvgIpc) is 3.48. The fourth-order valence-electron chi connectivity index (χ4n) is 3.16. The maximum absolute atomic E-state index is 12.8. The zero-order chi connectivity index (χ0) is 21.2. The van der Waals surface area contributed by atoms with Gasteiger partial charge in [-0.3, -0.25) is 9.20 Å². The summed E-state index contributed by atoms with van der Waals surface area (Å²) in [6.07, 6.45) is 3.28. The smallest absolute Gasteiger partial charge is 0.339 e. The molecule has 0 aliphatic heterocycles. The second kappa shape index (κ2) is 8.00. The number of rotatable bonds is 5. The van der Waals surface area contributed by atoms with Crippen LogP contribution in [0.3, 0.4) is 0 Å². The number of ether oxygens (including phenoxy) is 1. The van der Waals surface area contributed by atoms with Crippen molar-refractivity contribution in [3.8, 4) is 22.8 Å². The second-order valence-electron chi connectivity index (χ2n) is 6.66. The maximum Gasteiger partial charge on any atom is 0.339 e. The Kier molecular flexibility index (Phi) is 4.89. The third-order valence-electron chi connectivity index (χ3n) is 4.65. The predicted octanol–water partition coefficient (Wildman–Crippen LogP) is 4.44. The lowest BCUT2D eigenvalue weighted by atomic mass is 10.1. The van der Waals surface area contributed by atoms with Crippen molar-refractivity contribution in [3.63, 3.8) is 0 Å². The standard InChI is InChI=1S/C23H15N3O4S/c27-20-12-16(25-23-26(20)10-11-31-23)14-29-22(28)18-9-5-4-8-17(18)21-24-13-19(30-21)15-6-2-1-3-7-15/h1-13H,14H2. The van der Waals surface area contributed by atoms with Gasteiger partial charge in [-0.2, -0.15) is 0 Å². The van der Waals surface area contributed by atoms with Gasteiger partial charge >= 0.3 is 5.97 Å². The third kappa shape index (κ3) is 3.76. The molecule has 7 nitrogen and oxygen atoms in total. The lowest BCUT2D eigenvalue weighted by Gasteiger charge is -2.07. The number of esters is 1. The molecule has 0 saturated carbocycles. The first-order valence-electron chi connectivity index (χ1n) is 9.42. The molecule has 0 N–H and O–H groups in total. The van der Waals surface area contributed by atoms with E-state index in [0.717, 1.165) is 5.56 Å². The Labute approximate surface area is 180 Å². The quantitative estimate of drug-likeness (QED) is 0.384. The van der Waals surface area contributed by atoms with Gasteiger partial charge in [-0.05, 0) is 12.1 Å². The van der Waals surface area contributed by atoms with Gasteiger partial charge < -0.3 is 9.15 Å². The van der Waals surface area contributed by atoms with Crippen LogP contribution < -0.4 is 5.56 Å². The van der Waals surface area contributed by atoms with Gasteiger partial charge in [-0.25, -0.2) is 14.8 Å². The molecule has 5 aromatic rings. The van der Waals surface area contributed by atoms with Gasteiger partial charge in [0.1, 0.15) is 6.61 Å². The monoisotopic (exact) mass is 429 g/mol. The van der Waals surface area contributed by atoms with Crippen LogP contribution in [0.5, 0.6) is 0 Å². The molecule has 0 aliphatic carbocycles. The van der Waals surface area contributed by atoms with Crippen molar-refractivity contribution in [2.75, 3.05) is 0 Å². The fraction of sp³-hybridized carbons (Fsp3) is 0.0435. The summed E-state index contributed by atoms with van der Waals surface area (Å²) in [7, 11) is 0. The van der Waals surface area contributed by atoms with Crippen LogP contribution in [0.25, 0.3) is 27.7 Å². The van der Waals surface area contributed by atoms with Gasteiger partial charge in [-0.15, -0.1) is 11.3 Å². The molecule has 3 aromatic heterocycles. The van der Waals surface area contributed by atoms with Crippen molar-refractivity contribution < 1.29 is 13.9 Å². The van der Waals surface area contributed by atoms with E-state index in [2.05, 4.69) is 9.97 Å². The van der Waals surface area contributed by atoms with E-state index in [4.69, 9.17) is 9.15 Å². The van der Waals surface area contributed by atoms with Gasteiger partial charge in [0.05, 0.1) is 23.0 Å². The van der Waals surface area contributed by atoms with E-state index in [9.17, 15) is 9.59 Å². The molecule has 0 aliphatic rings. The van der Waals surface area contributed by atoms with E-state index in [-0.39, 0.29) is 12.2 Å². The van der Waals surface area contributed by atoms with Crippen molar-refractivity contribution in [3.05, 3.63) is 100 Å². The first kappa shape index (κ1) is 19.0. The molecular weight excluding hydrogens is 414 g/mol. The van der Waals surface area contributed by atoms with E-state index in [1.165, 1.54) is 21.8 Å². The molecular formula is C23H15N3O4S. The number of hydrogen-bond donors (Lipinski definition) is 0. The molecule has 5 rings (SSSR count). The number of fused-ring (bicyclic) bond motifs is 1. The number of nitrogens with zero attached hydrogens (tertiary/aromatic N) is 3. The minimum Gasteiger partial charge on any atom is -0.456 e. The Morgan fingerprint density at radius 2 is 1.90 bits per heavy atom. The van der Waals surface area contributed by atoms with E-state index in [1.54, 1.807) is 42.0 Å². The van der Waals surface area contributed by atoms with E-state index >= 15 is 0 Å². The van der Waals surface area contributed by atoms with Crippen LogP contribution in [0.1, 0.15) is 16.1 Å². The molecule has 0 fully saturated rings. The second-order valence-corrected chi connectivity index (χ2v) is 7.53. The van der Waals surface area contributed by atoms with Crippen LogP contribution >= 0.6 is 11.3 Å². The third-order valence-corrected chi connectivity index (χ3v) is 5.41. The summed E-state index contributed by atoms with van der Waals surface area (Å²) < 4.78 is 12.8. The Balaban J connectivity index is 1.39. The lowest BCUT2D eigenvalue weighted by Crippen LogP contribution is -2.15. The summed E-state index contributed by atoms with van der Waals surface area (Å²) in [6.45, 7) is -0.113. The number of benzene rings is 2. The van der Waals surface area contributed by atoms with Crippen molar-refractivity contribution in [2.24, 2.45) is 0 Å². The van der Waals surface area contributed by atoms with Crippen LogP contribution in [0.2, 0.25) is 0 Å². The first-order chi connectivity index (χ1) is 15.2. The number of hydrogen-bond acceptors (Lipinski definition) is 7. The minimum absolute atomic E-state index is 0.113. The molecule has 0 radical (unpaired) electrons. The molecule has 3 heterocycles. The Hall–Kier alpha value is -4.04. The largest absolute Gasteiger partial charge is 0.456 e. The Bertz CT molecular complexity index is 1440. The average molecular weight is 429 g/mol. The van der Waals surface area contributed by atoms with E-state index in [1.807, 2.05) is 30.3 Å². The van der Waals surface area contributed by atoms with Crippen LogP contribution in [0.15, 0.2) is 87.6 Å². The zero-order valence-corrected chi connectivity index (χ0v) is 16.9. The first-order valence-corrected chi connectivity index (χ1v) is 10.3. The maximum atomic E-state index is 12.8. The molecule has 0 amide bonds. The Morgan fingerprint density at radius 1 is 1.10 bits per heavy atom. The van der Waals surface area contributed by atoms with Crippen LogP contribution in [0.4, 0.5) is 0 Å². The van der Waals surface area contributed by atoms with Crippen molar-refractivity contribution in [1.82, 2.24) is 14.4 Å². The van der Waals surface area contributed by atoms with E-state index < -0.39 is 5.97 Å². The van der Waals surface area contributed by atoms with Crippen LogP contribution in [-0.2, 0) is 11.3 Å². The highest BCUT2D eigenvalue weighted by atomic mass is 32.1. The van der Waals surface area contributed by atoms with Crippen LogP contribution in [0, 0.1) is 0 Å². The molecule has 152 valence electrons. The summed E-state index contributed by atoms with van der Waals surface area (Å²) in [4.78, 5) is 34.1. The molecule has 31 heavy (non-hydrogen) atoms. The Morgan fingerprint density at radius 3 is 2.77 bits per heavy atom. The number of carbonyl (C=O) groups excluding carboxylic acids is 1. The molecule has 0 bridgehead atoms.